The van der Waals surface area contributed by atoms with Crippen molar-refractivity contribution in [3.05, 3.63) is 58.4 Å². The van der Waals surface area contributed by atoms with Crippen molar-refractivity contribution in [2.24, 2.45) is 5.41 Å². The number of nitrogens with zero attached hydrogens (tertiary/aromatic N) is 4. The molecule has 3 aliphatic heterocycles. The highest BCUT2D eigenvalue weighted by atomic mass is 35.5. The van der Waals surface area contributed by atoms with Gasteiger partial charge in [0.05, 0.1) is 11.7 Å². The predicted octanol–water partition coefficient (Wildman–Crippen LogP) is 4.40. The minimum absolute atomic E-state index is 0.168. The van der Waals surface area contributed by atoms with Crippen LogP contribution in [0.5, 0.6) is 0 Å². The number of hydrogen-bond acceptors (Lipinski definition) is 5. The summed E-state index contributed by atoms with van der Waals surface area (Å²) >= 11 is 6.65. The Kier molecular flexibility index (Phi) is 6.19. The minimum atomic E-state index is -0.715. The molecule has 9 nitrogen and oxygen atoms in total. The fourth-order valence-electron chi connectivity index (χ4n) is 7.01. The zero-order valence-corrected chi connectivity index (χ0v) is 23.7. The standard InChI is InChI=1S/C31H32ClN5O4/c1-31(12-3-13-31)30(41)35-14-10-20(11-15-35)36-17-19(27(32)34-36)16-18-6-7-23-26-21(18)4-2-5-22(26)29(40)37(23)24-8-9-25(38)33-28(24)39/h2,4-7,17,20,24H,3,8-16H2,1H3,(H,33,38,39). The van der Waals surface area contributed by atoms with E-state index in [4.69, 9.17) is 11.6 Å². The molecule has 1 atom stereocenters. The number of amides is 4. The van der Waals surface area contributed by atoms with Gasteiger partial charge in [0.2, 0.25) is 17.7 Å². The summed E-state index contributed by atoms with van der Waals surface area (Å²) in [7, 11) is 0. The molecule has 41 heavy (non-hydrogen) atoms. The topological polar surface area (TPSA) is 105 Å². The third-order valence-electron chi connectivity index (χ3n) is 9.58. The molecule has 2 aromatic carbocycles. The van der Waals surface area contributed by atoms with E-state index >= 15 is 0 Å². The summed E-state index contributed by atoms with van der Waals surface area (Å²) in [5.41, 5.74) is 3.00. The van der Waals surface area contributed by atoms with Gasteiger partial charge in [0.15, 0.2) is 5.15 Å². The van der Waals surface area contributed by atoms with Crippen LogP contribution in [-0.4, -0.2) is 57.4 Å². The maximum absolute atomic E-state index is 13.4. The van der Waals surface area contributed by atoms with Crippen molar-refractivity contribution in [3.63, 3.8) is 0 Å². The fraction of sp³-hybridized carbons (Fsp3) is 0.452. The lowest BCUT2D eigenvalue weighted by Crippen LogP contribution is -2.53. The number of imide groups is 1. The van der Waals surface area contributed by atoms with Crippen LogP contribution in [-0.2, 0) is 20.8 Å². The summed E-state index contributed by atoms with van der Waals surface area (Å²) in [5.74, 6) is -0.677. The van der Waals surface area contributed by atoms with Gasteiger partial charge in [0, 0.05) is 54.1 Å². The fourth-order valence-corrected chi connectivity index (χ4v) is 7.22. The SMILES string of the molecule is CC1(C(=O)N2CCC(n3cc(Cc4ccc5c6c(cccc46)C(=O)N5C4CCC(=O)NC4=O)c(Cl)n3)CC2)CCC1. The minimum Gasteiger partial charge on any atom is -0.342 e. The molecule has 1 aliphatic carbocycles. The number of hydrogen-bond donors (Lipinski definition) is 1. The van der Waals surface area contributed by atoms with E-state index in [1.54, 1.807) is 6.07 Å². The Bertz CT molecular complexity index is 1620. The molecule has 212 valence electrons. The number of likely N-dealkylation sites (tertiary alicyclic amines) is 1. The lowest BCUT2D eigenvalue weighted by molar-refractivity contribution is -0.147. The first-order valence-corrected chi connectivity index (χ1v) is 14.9. The number of halogens is 1. The van der Waals surface area contributed by atoms with Crippen LogP contribution in [0.3, 0.4) is 0 Å². The van der Waals surface area contributed by atoms with Crippen LogP contribution >= 0.6 is 11.6 Å². The van der Waals surface area contributed by atoms with Crippen LogP contribution in [0.15, 0.2) is 36.5 Å². The highest BCUT2D eigenvalue weighted by Crippen LogP contribution is 2.43. The zero-order valence-electron chi connectivity index (χ0n) is 23.0. The van der Waals surface area contributed by atoms with E-state index in [2.05, 4.69) is 17.3 Å². The number of benzene rings is 2. The van der Waals surface area contributed by atoms with E-state index in [-0.39, 0.29) is 29.7 Å². The van der Waals surface area contributed by atoms with Gasteiger partial charge in [-0.3, -0.25) is 34.1 Å². The first kappa shape index (κ1) is 26.2. The van der Waals surface area contributed by atoms with Crippen LogP contribution in [0.4, 0.5) is 5.69 Å². The van der Waals surface area contributed by atoms with Gasteiger partial charge >= 0.3 is 0 Å². The molecular formula is C31H32ClN5O4. The third-order valence-corrected chi connectivity index (χ3v) is 9.89. The highest BCUT2D eigenvalue weighted by Gasteiger charge is 2.43. The molecule has 4 aliphatic rings. The van der Waals surface area contributed by atoms with Crippen LogP contribution in [0.25, 0.3) is 10.8 Å². The van der Waals surface area contributed by atoms with Crippen molar-refractivity contribution in [1.29, 1.82) is 0 Å². The number of nitrogens with one attached hydrogen (secondary N) is 1. The molecule has 3 aromatic rings. The van der Waals surface area contributed by atoms with Crippen LogP contribution in [0.1, 0.15) is 79.4 Å². The molecule has 4 amide bonds. The first-order chi connectivity index (χ1) is 19.7. The van der Waals surface area contributed by atoms with Crippen molar-refractivity contribution < 1.29 is 19.2 Å². The predicted molar refractivity (Wildman–Crippen MR) is 154 cm³/mol. The van der Waals surface area contributed by atoms with E-state index < -0.39 is 11.9 Å². The number of rotatable bonds is 5. The highest BCUT2D eigenvalue weighted by molar-refractivity contribution is 6.30. The number of piperidine rings is 2. The molecule has 7 rings (SSSR count). The second-order valence-electron chi connectivity index (χ2n) is 12.2. The van der Waals surface area contributed by atoms with Crippen LogP contribution < -0.4 is 10.2 Å². The van der Waals surface area contributed by atoms with E-state index in [0.717, 1.165) is 67.1 Å². The maximum atomic E-state index is 13.4. The van der Waals surface area contributed by atoms with Gasteiger partial charge in [-0.2, -0.15) is 5.10 Å². The summed E-state index contributed by atoms with van der Waals surface area (Å²) in [4.78, 5) is 54.3. The lowest BCUT2D eigenvalue weighted by atomic mass is 9.69. The van der Waals surface area contributed by atoms with E-state index in [0.29, 0.717) is 35.2 Å². The molecule has 4 heterocycles. The molecule has 0 spiro atoms. The quantitative estimate of drug-likeness (QED) is 0.456. The molecule has 1 unspecified atom stereocenters. The van der Waals surface area contributed by atoms with Gasteiger partial charge in [0.1, 0.15) is 6.04 Å². The van der Waals surface area contributed by atoms with Crippen LogP contribution in [0, 0.1) is 5.41 Å². The van der Waals surface area contributed by atoms with Gasteiger partial charge in [0.25, 0.3) is 5.91 Å². The van der Waals surface area contributed by atoms with Crippen LogP contribution in [0.2, 0.25) is 5.15 Å². The van der Waals surface area contributed by atoms with Gasteiger partial charge in [-0.25, -0.2) is 0 Å². The molecule has 1 N–H and O–H groups in total. The molecule has 2 saturated heterocycles. The van der Waals surface area contributed by atoms with Gasteiger partial charge in [-0.1, -0.05) is 43.1 Å². The largest absolute Gasteiger partial charge is 0.342 e. The summed E-state index contributed by atoms with van der Waals surface area (Å²) in [5, 5.41) is 9.22. The van der Waals surface area contributed by atoms with Crippen molar-refractivity contribution in [2.45, 2.75) is 70.4 Å². The smallest absolute Gasteiger partial charge is 0.259 e. The van der Waals surface area contributed by atoms with Gasteiger partial charge in [-0.05, 0) is 55.2 Å². The van der Waals surface area contributed by atoms with Gasteiger partial charge < -0.3 is 4.90 Å². The molecule has 3 fully saturated rings. The third kappa shape index (κ3) is 4.24. The monoisotopic (exact) mass is 573 g/mol. The molecular weight excluding hydrogens is 542 g/mol. The van der Waals surface area contributed by atoms with E-state index in [9.17, 15) is 19.2 Å². The lowest BCUT2D eigenvalue weighted by Gasteiger charge is -2.43. The first-order valence-electron chi connectivity index (χ1n) is 14.5. The molecule has 10 heteroatoms. The number of carbonyl (C=O) groups excluding carboxylic acids is 4. The van der Waals surface area contributed by atoms with E-state index in [1.165, 1.54) is 4.90 Å². The van der Waals surface area contributed by atoms with Crippen molar-refractivity contribution in [2.75, 3.05) is 18.0 Å². The summed E-state index contributed by atoms with van der Waals surface area (Å²) in [6.07, 6.45) is 7.87. The number of anilines is 1. The Morgan fingerprint density at radius 3 is 2.56 bits per heavy atom. The Balaban J connectivity index is 1.11. The Morgan fingerprint density at radius 1 is 1.07 bits per heavy atom. The number of carbonyl (C=O) groups is 4. The van der Waals surface area contributed by atoms with E-state index in [1.807, 2.05) is 40.0 Å². The maximum Gasteiger partial charge on any atom is 0.259 e. The average molecular weight is 574 g/mol. The van der Waals surface area contributed by atoms with Gasteiger partial charge in [-0.15, -0.1) is 0 Å². The second-order valence-corrected chi connectivity index (χ2v) is 12.5. The Hall–Kier alpha value is -3.72. The second kappa shape index (κ2) is 9.69. The number of aromatic nitrogens is 2. The molecule has 1 aromatic heterocycles. The van der Waals surface area contributed by atoms with Crippen molar-refractivity contribution in [3.8, 4) is 0 Å². The Morgan fingerprint density at radius 2 is 1.85 bits per heavy atom. The van der Waals surface area contributed by atoms with Crippen molar-refractivity contribution >= 4 is 51.7 Å². The summed E-state index contributed by atoms with van der Waals surface area (Å²) in [6, 6.07) is 8.99. The molecule has 1 saturated carbocycles. The average Bonchev–Trinajstić information content (AvgIpc) is 3.46. The zero-order chi connectivity index (χ0) is 28.5. The molecule has 0 bridgehead atoms. The Labute approximate surface area is 242 Å². The normalized spacial score (nSPS) is 22.3. The van der Waals surface area contributed by atoms with Crippen molar-refractivity contribution in [1.82, 2.24) is 20.0 Å². The summed E-state index contributed by atoms with van der Waals surface area (Å²) < 4.78 is 1.96. The summed E-state index contributed by atoms with van der Waals surface area (Å²) in [6.45, 7) is 3.56. The molecule has 0 radical (unpaired) electrons.